The monoisotopic (exact) mass is 530 g/mol. The maximum Gasteiger partial charge on any atom is 0.352 e. The zero-order chi connectivity index (χ0) is 28.1. The molecule has 2 fully saturated rings. The van der Waals surface area contributed by atoms with E-state index in [9.17, 15) is 29.4 Å². The van der Waals surface area contributed by atoms with E-state index in [1.165, 1.54) is 27.7 Å². The number of aliphatic hydroxyl groups excluding tert-OH is 2. The van der Waals surface area contributed by atoms with Crippen LogP contribution >= 0.6 is 0 Å². The number of rotatable bonds is 10. The smallest absolute Gasteiger partial charge is 0.352 e. The molecule has 0 unspecified atom stereocenters. The van der Waals surface area contributed by atoms with Crippen LogP contribution < -0.4 is 0 Å². The Kier molecular flexibility index (Phi) is 8.85. The van der Waals surface area contributed by atoms with Crippen LogP contribution in [0.4, 0.5) is 0 Å². The number of carbonyl (C=O) groups is 4. The molecule has 2 aliphatic heterocycles. The Bertz CT molecular complexity index is 1040. The van der Waals surface area contributed by atoms with Gasteiger partial charge in [-0.2, -0.15) is 0 Å². The number of esters is 4. The van der Waals surface area contributed by atoms with E-state index in [1.807, 2.05) is 24.3 Å². The minimum atomic E-state index is -1.36. The van der Waals surface area contributed by atoms with E-state index >= 15 is 0 Å². The van der Waals surface area contributed by atoms with Gasteiger partial charge in [0.25, 0.3) is 11.6 Å². The van der Waals surface area contributed by atoms with Crippen molar-refractivity contribution in [3.63, 3.8) is 0 Å². The first-order valence-electron chi connectivity index (χ1n) is 12.6. The average Bonchev–Trinajstić information content (AvgIpc) is 2.77. The van der Waals surface area contributed by atoms with Gasteiger partial charge in [0.15, 0.2) is 11.1 Å². The number of hydrogen-bond donors (Lipinski definition) is 2. The lowest BCUT2D eigenvalue weighted by Crippen LogP contribution is -2.42. The Hall–Kier alpha value is -3.82. The van der Waals surface area contributed by atoms with Gasteiger partial charge in [-0.3, -0.25) is 0 Å². The van der Waals surface area contributed by atoms with Gasteiger partial charge in [0, 0.05) is 40.5 Å². The summed E-state index contributed by atoms with van der Waals surface area (Å²) in [5, 5.41) is 20.5. The predicted octanol–water partition coefficient (Wildman–Crippen LogP) is 4.41. The van der Waals surface area contributed by atoms with Crippen LogP contribution in [0.3, 0.4) is 0 Å². The number of ether oxygens (including phenoxy) is 4. The van der Waals surface area contributed by atoms with Crippen molar-refractivity contribution in [3.8, 4) is 0 Å². The SMILES string of the molecule is CC1(C)OC(=O)C(=C(O)CCCCc2ccccc2CCCCC(O)=C2C(=O)OC(C)(C)OC2=O)C(=O)O1. The Morgan fingerprint density at radius 3 is 1.24 bits per heavy atom. The number of benzene rings is 1. The standard InChI is InChI=1S/C28H34O10/c1-27(2)35-23(31)21(24(32)36-27)19(29)15-9-7-13-17-11-5-6-12-18(17)14-8-10-16-20(30)22-25(33)37-28(3,4)38-26(22)34/h5-6,11-12,29-30H,7-10,13-16H2,1-4H3. The molecule has 206 valence electrons. The maximum atomic E-state index is 12.1. The summed E-state index contributed by atoms with van der Waals surface area (Å²) >= 11 is 0. The first-order chi connectivity index (χ1) is 17.8. The molecular weight excluding hydrogens is 496 g/mol. The van der Waals surface area contributed by atoms with E-state index in [0.29, 0.717) is 25.7 Å². The molecule has 0 amide bonds. The first kappa shape index (κ1) is 28.7. The molecular formula is C28H34O10. The molecule has 0 atom stereocenters. The summed E-state index contributed by atoms with van der Waals surface area (Å²) in [5.74, 6) is -6.97. The molecule has 0 radical (unpaired) electrons. The van der Waals surface area contributed by atoms with Crippen molar-refractivity contribution >= 4 is 23.9 Å². The zero-order valence-corrected chi connectivity index (χ0v) is 22.1. The Morgan fingerprint density at radius 2 is 0.921 bits per heavy atom. The van der Waals surface area contributed by atoms with Crippen LogP contribution in [0.2, 0.25) is 0 Å². The van der Waals surface area contributed by atoms with Gasteiger partial charge in [0.2, 0.25) is 0 Å². The molecule has 10 nitrogen and oxygen atoms in total. The summed E-state index contributed by atoms with van der Waals surface area (Å²) in [6, 6.07) is 7.90. The van der Waals surface area contributed by atoms with Crippen molar-refractivity contribution in [2.45, 2.75) is 90.6 Å². The Morgan fingerprint density at radius 1 is 0.605 bits per heavy atom. The van der Waals surface area contributed by atoms with Gasteiger partial charge < -0.3 is 29.2 Å². The third kappa shape index (κ3) is 7.36. The molecule has 0 aliphatic carbocycles. The van der Waals surface area contributed by atoms with Gasteiger partial charge in [0.05, 0.1) is 0 Å². The molecule has 3 rings (SSSR count). The highest BCUT2D eigenvalue weighted by molar-refractivity contribution is 6.16. The van der Waals surface area contributed by atoms with E-state index in [1.54, 1.807) is 0 Å². The average molecular weight is 531 g/mol. The second kappa shape index (κ2) is 11.7. The molecule has 1 aromatic rings. The number of cyclic esters (lactones) is 4. The number of allylic oxidation sites excluding steroid dienone is 2. The van der Waals surface area contributed by atoms with Gasteiger partial charge >= 0.3 is 23.9 Å². The zero-order valence-electron chi connectivity index (χ0n) is 22.1. The van der Waals surface area contributed by atoms with Gasteiger partial charge in [0.1, 0.15) is 11.5 Å². The van der Waals surface area contributed by atoms with Crippen LogP contribution in [0.15, 0.2) is 46.9 Å². The van der Waals surface area contributed by atoms with E-state index in [-0.39, 0.29) is 24.4 Å². The van der Waals surface area contributed by atoms with E-state index in [0.717, 1.165) is 24.0 Å². The molecule has 0 spiro atoms. The summed E-state index contributed by atoms with van der Waals surface area (Å²) in [4.78, 5) is 48.3. The van der Waals surface area contributed by atoms with Crippen LogP contribution in [0.1, 0.15) is 77.3 Å². The third-order valence-electron chi connectivity index (χ3n) is 6.09. The third-order valence-corrected chi connectivity index (χ3v) is 6.09. The second-order valence-electron chi connectivity index (χ2n) is 10.2. The second-order valence-corrected chi connectivity index (χ2v) is 10.2. The topological polar surface area (TPSA) is 146 Å². The summed E-state index contributed by atoms with van der Waals surface area (Å²) in [6.45, 7) is 5.77. The van der Waals surface area contributed by atoms with Crippen LogP contribution in [0, 0.1) is 0 Å². The number of hydrogen-bond acceptors (Lipinski definition) is 10. The fourth-order valence-electron chi connectivity index (χ4n) is 4.29. The highest BCUT2D eigenvalue weighted by Crippen LogP contribution is 2.27. The van der Waals surface area contributed by atoms with Gasteiger partial charge in [-0.05, 0) is 49.7 Å². The van der Waals surface area contributed by atoms with Crippen LogP contribution in [0.5, 0.6) is 0 Å². The lowest BCUT2D eigenvalue weighted by atomic mass is 9.96. The highest BCUT2D eigenvalue weighted by atomic mass is 16.7. The molecule has 0 saturated carbocycles. The van der Waals surface area contributed by atoms with E-state index < -0.39 is 46.6 Å². The number of unbranched alkanes of at least 4 members (excludes halogenated alkanes) is 2. The summed E-state index contributed by atoms with van der Waals surface area (Å²) in [5.41, 5.74) is 1.34. The largest absolute Gasteiger partial charge is 0.511 e. The minimum absolute atomic E-state index is 0.137. The molecule has 2 aliphatic rings. The quantitative estimate of drug-likeness (QED) is 0.147. The van der Waals surface area contributed by atoms with Crippen molar-refractivity contribution < 1.29 is 48.3 Å². The Balaban J connectivity index is 1.48. The normalized spacial score (nSPS) is 18.3. The number of carbonyl (C=O) groups excluding carboxylic acids is 4. The molecule has 2 saturated heterocycles. The van der Waals surface area contributed by atoms with Crippen LogP contribution in [-0.2, 0) is 51.0 Å². The number of aliphatic hydroxyl groups is 2. The lowest BCUT2D eigenvalue weighted by molar-refractivity contribution is -0.224. The van der Waals surface area contributed by atoms with Gasteiger partial charge in [-0.25, -0.2) is 19.2 Å². The predicted molar refractivity (Wildman–Crippen MR) is 133 cm³/mol. The van der Waals surface area contributed by atoms with Crippen LogP contribution in [0.25, 0.3) is 0 Å². The summed E-state index contributed by atoms with van der Waals surface area (Å²) < 4.78 is 20.1. The van der Waals surface area contributed by atoms with Gasteiger partial charge in [-0.1, -0.05) is 24.3 Å². The minimum Gasteiger partial charge on any atom is -0.511 e. The first-order valence-corrected chi connectivity index (χ1v) is 12.6. The molecule has 2 N–H and O–H groups in total. The Labute approximate surface area is 221 Å². The van der Waals surface area contributed by atoms with Gasteiger partial charge in [-0.15, -0.1) is 0 Å². The van der Waals surface area contributed by atoms with Crippen molar-refractivity contribution in [2.24, 2.45) is 0 Å². The molecule has 2 heterocycles. The lowest BCUT2D eigenvalue weighted by Gasteiger charge is -2.30. The summed E-state index contributed by atoms with van der Waals surface area (Å²) in [7, 11) is 0. The van der Waals surface area contributed by atoms with Crippen LogP contribution in [-0.4, -0.2) is 45.7 Å². The molecule has 10 heteroatoms. The van der Waals surface area contributed by atoms with Crippen molar-refractivity contribution in [1.82, 2.24) is 0 Å². The molecule has 0 bridgehead atoms. The maximum absolute atomic E-state index is 12.1. The fraction of sp³-hybridized carbons (Fsp3) is 0.500. The summed E-state index contributed by atoms with van der Waals surface area (Å²) in [6.07, 6.45) is 4.22. The van der Waals surface area contributed by atoms with E-state index in [4.69, 9.17) is 18.9 Å². The highest BCUT2D eigenvalue weighted by Gasteiger charge is 2.42. The molecule has 38 heavy (non-hydrogen) atoms. The molecule has 0 aromatic heterocycles. The fourth-order valence-corrected chi connectivity index (χ4v) is 4.29. The van der Waals surface area contributed by atoms with Crippen molar-refractivity contribution in [3.05, 3.63) is 58.1 Å². The molecule has 1 aromatic carbocycles. The number of aryl methyl sites for hydroxylation is 2. The van der Waals surface area contributed by atoms with E-state index in [2.05, 4.69) is 0 Å². The van der Waals surface area contributed by atoms with Crippen molar-refractivity contribution in [1.29, 1.82) is 0 Å². The van der Waals surface area contributed by atoms with Crippen molar-refractivity contribution in [2.75, 3.05) is 0 Å².